The van der Waals surface area contributed by atoms with Crippen molar-refractivity contribution in [2.45, 2.75) is 6.92 Å². The second-order valence-corrected chi connectivity index (χ2v) is 4.95. The molecule has 2 N–H and O–H groups in total. The molecule has 1 aromatic carbocycles. The summed E-state index contributed by atoms with van der Waals surface area (Å²) >= 11 is 6.01. The van der Waals surface area contributed by atoms with Gasteiger partial charge in [-0.2, -0.15) is 0 Å². The van der Waals surface area contributed by atoms with E-state index < -0.39 is 0 Å². The lowest BCUT2D eigenvalue weighted by Gasteiger charge is -2.31. The van der Waals surface area contributed by atoms with Crippen molar-refractivity contribution in [2.75, 3.05) is 25.5 Å². The Kier molecular flexibility index (Phi) is 4.09. The molecule has 1 unspecified atom stereocenters. The third-order valence-corrected chi connectivity index (χ3v) is 3.65. The van der Waals surface area contributed by atoms with E-state index in [2.05, 4.69) is 10.6 Å². The van der Waals surface area contributed by atoms with Crippen molar-refractivity contribution in [3.05, 3.63) is 23.2 Å². The van der Waals surface area contributed by atoms with Crippen LogP contribution < -0.4 is 15.4 Å². The molecule has 0 bridgehead atoms. The Morgan fingerprint density at radius 3 is 2.78 bits per heavy atom. The summed E-state index contributed by atoms with van der Waals surface area (Å²) in [6.07, 6.45) is 0. The van der Waals surface area contributed by atoms with Gasteiger partial charge in [-0.25, -0.2) is 0 Å². The molecule has 98 valence electrons. The summed E-state index contributed by atoms with van der Waals surface area (Å²) in [5.41, 5.74) is 0.699. The highest BCUT2D eigenvalue weighted by Gasteiger charge is 2.28. The predicted molar refractivity (Wildman–Crippen MR) is 72.2 cm³/mol. The monoisotopic (exact) mass is 268 g/mol. The Hall–Kier alpha value is -1.26. The van der Waals surface area contributed by atoms with Crippen LogP contribution in [-0.2, 0) is 4.79 Å². The van der Waals surface area contributed by atoms with Crippen LogP contribution in [0, 0.1) is 11.8 Å². The summed E-state index contributed by atoms with van der Waals surface area (Å²) in [4.78, 5) is 12.0. The highest BCUT2D eigenvalue weighted by molar-refractivity contribution is 6.32. The van der Waals surface area contributed by atoms with Crippen molar-refractivity contribution < 1.29 is 9.53 Å². The minimum absolute atomic E-state index is 0.00660. The quantitative estimate of drug-likeness (QED) is 0.880. The Balaban J connectivity index is 2.00. The SMILES string of the molecule is COc1ccc(NC(=O)C(C)C2CNC2)cc1Cl. The van der Waals surface area contributed by atoms with Crippen LogP contribution in [0.25, 0.3) is 0 Å². The van der Waals surface area contributed by atoms with Gasteiger partial charge < -0.3 is 15.4 Å². The number of methoxy groups -OCH3 is 1. The number of hydrogen-bond donors (Lipinski definition) is 2. The van der Waals surface area contributed by atoms with Crippen molar-refractivity contribution in [3.8, 4) is 5.75 Å². The molecule has 1 atom stereocenters. The van der Waals surface area contributed by atoms with Crippen molar-refractivity contribution in [1.29, 1.82) is 0 Å². The first-order chi connectivity index (χ1) is 8.61. The van der Waals surface area contributed by atoms with Crippen LogP contribution in [0.2, 0.25) is 5.02 Å². The fraction of sp³-hybridized carbons (Fsp3) is 0.462. The molecule has 1 fully saturated rings. The van der Waals surface area contributed by atoms with Gasteiger partial charge in [0.1, 0.15) is 5.75 Å². The molecule has 0 aliphatic carbocycles. The lowest BCUT2D eigenvalue weighted by molar-refractivity contribution is -0.121. The topological polar surface area (TPSA) is 50.4 Å². The van der Waals surface area contributed by atoms with Gasteiger partial charge in [-0.05, 0) is 37.2 Å². The minimum atomic E-state index is 0.00660. The van der Waals surface area contributed by atoms with Crippen LogP contribution in [0.3, 0.4) is 0 Å². The van der Waals surface area contributed by atoms with E-state index in [0.717, 1.165) is 13.1 Å². The maximum Gasteiger partial charge on any atom is 0.227 e. The van der Waals surface area contributed by atoms with Crippen molar-refractivity contribution in [3.63, 3.8) is 0 Å². The largest absolute Gasteiger partial charge is 0.495 e. The Morgan fingerprint density at radius 1 is 1.56 bits per heavy atom. The Labute approximate surface area is 112 Å². The van der Waals surface area contributed by atoms with Crippen molar-refractivity contribution in [1.82, 2.24) is 5.32 Å². The summed E-state index contributed by atoms with van der Waals surface area (Å²) in [5, 5.41) is 6.54. The maximum absolute atomic E-state index is 12.0. The van der Waals surface area contributed by atoms with E-state index in [1.165, 1.54) is 0 Å². The number of ether oxygens (including phenoxy) is 1. The standard InChI is InChI=1S/C13H17ClN2O2/c1-8(9-6-15-7-9)13(17)16-10-3-4-12(18-2)11(14)5-10/h3-5,8-9,15H,6-7H2,1-2H3,(H,16,17). The van der Waals surface area contributed by atoms with Gasteiger partial charge in [0.15, 0.2) is 0 Å². The second-order valence-electron chi connectivity index (χ2n) is 4.55. The van der Waals surface area contributed by atoms with Gasteiger partial charge in [0.25, 0.3) is 0 Å². The number of anilines is 1. The van der Waals surface area contributed by atoms with E-state index in [0.29, 0.717) is 22.4 Å². The lowest BCUT2D eigenvalue weighted by atomic mass is 9.88. The molecular formula is C13H17ClN2O2. The number of carbonyl (C=O) groups excluding carboxylic acids is 1. The van der Waals surface area contributed by atoms with E-state index in [1.807, 2.05) is 6.92 Å². The number of halogens is 1. The number of carbonyl (C=O) groups is 1. The molecule has 0 aromatic heterocycles. The van der Waals surface area contributed by atoms with E-state index in [-0.39, 0.29) is 11.8 Å². The third kappa shape index (κ3) is 2.76. The maximum atomic E-state index is 12.0. The molecule has 0 saturated carbocycles. The lowest BCUT2D eigenvalue weighted by Crippen LogP contribution is -2.48. The zero-order valence-electron chi connectivity index (χ0n) is 10.5. The number of rotatable bonds is 4. The van der Waals surface area contributed by atoms with Gasteiger partial charge in [-0.1, -0.05) is 18.5 Å². The molecule has 4 nitrogen and oxygen atoms in total. The van der Waals surface area contributed by atoms with Crippen LogP contribution in [0.15, 0.2) is 18.2 Å². The summed E-state index contributed by atoms with van der Waals surface area (Å²) in [5.74, 6) is 1.07. The van der Waals surface area contributed by atoms with Crippen LogP contribution in [0.1, 0.15) is 6.92 Å². The van der Waals surface area contributed by atoms with E-state index in [9.17, 15) is 4.79 Å². The van der Waals surface area contributed by atoms with Gasteiger partial charge >= 0.3 is 0 Å². The Bertz CT molecular complexity index is 447. The van der Waals surface area contributed by atoms with Crippen LogP contribution in [-0.4, -0.2) is 26.1 Å². The minimum Gasteiger partial charge on any atom is -0.495 e. The summed E-state index contributed by atoms with van der Waals surface area (Å²) in [6, 6.07) is 5.23. The third-order valence-electron chi connectivity index (χ3n) is 3.35. The van der Waals surface area contributed by atoms with E-state index in [1.54, 1.807) is 25.3 Å². The zero-order valence-corrected chi connectivity index (χ0v) is 11.3. The number of hydrogen-bond acceptors (Lipinski definition) is 3. The molecule has 1 saturated heterocycles. The molecule has 1 amide bonds. The fourth-order valence-corrected chi connectivity index (χ4v) is 2.14. The van der Waals surface area contributed by atoms with Gasteiger partial charge in [-0.15, -0.1) is 0 Å². The number of amides is 1. The van der Waals surface area contributed by atoms with E-state index >= 15 is 0 Å². The molecule has 18 heavy (non-hydrogen) atoms. The Morgan fingerprint density at radius 2 is 2.28 bits per heavy atom. The summed E-state index contributed by atoms with van der Waals surface area (Å²) < 4.78 is 5.06. The molecule has 2 rings (SSSR count). The van der Waals surface area contributed by atoms with E-state index in [4.69, 9.17) is 16.3 Å². The van der Waals surface area contributed by atoms with Crippen LogP contribution >= 0.6 is 11.6 Å². The average molecular weight is 269 g/mol. The molecule has 5 heteroatoms. The molecule has 0 radical (unpaired) electrons. The van der Waals surface area contributed by atoms with Crippen LogP contribution in [0.4, 0.5) is 5.69 Å². The number of nitrogens with one attached hydrogen (secondary N) is 2. The molecular weight excluding hydrogens is 252 g/mol. The summed E-state index contributed by atoms with van der Waals surface area (Å²) in [6.45, 7) is 3.78. The first-order valence-electron chi connectivity index (χ1n) is 5.97. The van der Waals surface area contributed by atoms with Gasteiger partial charge in [0.05, 0.1) is 12.1 Å². The second kappa shape index (κ2) is 5.59. The summed E-state index contributed by atoms with van der Waals surface area (Å²) in [7, 11) is 1.56. The normalized spacial score (nSPS) is 16.8. The molecule has 1 heterocycles. The predicted octanol–water partition coefficient (Wildman–Crippen LogP) is 2.14. The van der Waals surface area contributed by atoms with Crippen molar-refractivity contribution in [2.24, 2.45) is 11.8 Å². The van der Waals surface area contributed by atoms with Crippen molar-refractivity contribution >= 4 is 23.2 Å². The van der Waals surface area contributed by atoms with Crippen LogP contribution in [0.5, 0.6) is 5.75 Å². The highest BCUT2D eigenvalue weighted by atomic mass is 35.5. The van der Waals surface area contributed by atoms with Gasteiger partial charge in [-0.3, -0.25) is 4.79 Å². The van der Waals surface area contributed by atoms with Gasteiger partial charge in [0.2, 0.25) is 5.91 Å². The smallest absolute Gasteiger partial charge is 0.227 e. The van der Waals surface area contributed by atoms with Gasteiger partial charge in [0, 0.05) is 11.6 Å². The first-order valence-corrected chi connectivity index (χ1v) is 6.34. The fourth-order valence-electron chi connectivity index (χ4n) is 1.88. The molecule has 1 aliphatic heterocycles. The average Bonchev–Trinajstić information content (AvgIpc) is 2.26. The molecule has 0 spiro atoms. The first kappa shape index (κ1) is 13.2. The number of benzene rings is 1. The highest BCUT2D eigenvalue weighted by Crippen LogP contribution is 2.27. The molecule has 1 aliphatic rings. The molecule has 1 aromatic rings. The zero-order chi connectivity index (χ0) is 13.1.